The monoisotopic (exact) mass is 516 g/mol. The summed E-state index contributed by atoms with van der Waals surface area (Å²) < 4.78 is 5.45. The van der Waals surface area contributed by atoms with Crippen LogP contribution in [-0.2, 0) is 16.0 Å². The van der Waals surface area contributed by atoms with Gasteiger partial charge >= 0.3 is 0 Å². The van der Waals surface area contributed by atoms with E-state index in [2.05, 4.69) is 27.4 Å². The molecule has 1 aromatic carbocycles. The lowest BCUT2D eigenvalue weighted by Gasteiger charge is -2.38. The van der Waals surface area contributed by atoms with Crippen LogP contribution < -0.4 is 10.6 Å². The molecule has 0 bridgehead atoms. The van der Waals surface area contributed by atoms with Gasteiger partial charge in [-0.1, -0.05) is 30.7 Å². The smallest absolute Gasteiger partial charge is 0.240 e. The van der Waals surface area contributed by atoms with E-state index in [1.54, 1.807) is 0 Å². The van der Waals surface area contributed by atoms with Crippen LogP contribution in [0.4, 0.5) is 0 Å². The quantitative estimate of drug-likeness (QED) is 0.345. The molecule has 2 saturated heterocycles. The van der Waals surface area contributed by atoms with Gasteiger partial charge in [0.25, 0.3) is 0 Å². The van der Waals surface area contributed by atoms with Crippen LogP contribution >= 0.6 is 11.6 Å². The number of hydrogen-bond acceptors (Lipinski definition) is 6. The van der Waals surface area contributed by atoms with E-state index in [1.165, 1.54) is 5.70 Å². The van der Waals surface area contributed by atoms with Crippen molar-refractivity contribution in [2.45, 2.75) is 32.2 Å². The molecule has 0 aromatic heterocycles. The molecule has 1 aromatic rings. The second-order valence-corrected chi connectivity index (χ2v) is 10.5. The molecule has 3 N–H and O–H groups in total. The minimum absolute atomic E-state index is 0.141. The van der Waals surface area contributed by atoms with Gasteiger partial charge in [0.05, 0.1) is 19.3 Å². The van der Waals surface area contributed by atoms with Crippen LogP contribution in [0.25, 0.3) is 0 Å². The number of morpholine rings is 1. The second-order valence-electron chi connectivity index (χ2n) is 10.0. The molecule has 2 heterocycles. The van der Waals surface area contributed by atoms with Crippen LogP contribution in [0.2, 0.25) is 5.02 Å². The van der Waals surface area contributed by atoms with E-state index in [4.69, 9.17) is 21.7 Å². The fourth-order valence-electron chi connectivity index (χ4n) is 5.44. The molecule has 36 heavy (non-hydrogen) atoms. The number of halogens is 1. The van der Waals surface area contributed by atoms with Crippen molar-refractivity contribution in [2.24, 2.45) is 5.92 Å². The minimum atomic E-state index is -0.285. The first-order valence-corrected chi connectivity index (χ1v) is 13.7. The van der Waals surface area contributed by atoms with Gasteiger partial charge in [0, 0.05) is 75.7 Å². The van der Waals surface area contributed by atoms with Crippen LogP contribution in [0.1, 0.15) is 25.3 Å². The maximum absolute atomic E-state index is 13.6. The summed E-state index contributed by atoms with van der Waals surface area (Å²) in [6, 6.07) is 7.48. The Bertz CT molecular complexity index is 923. The van der Waals surface area contributed by atoms with Crippen molar-refractivity contribution in [3.8, 4) is 0 Å². The molecule has 0 spiro atoms. The van der Waals surface area contributed by atoms with Crippen LogP contribution in [0.5, 0.6) is 0 Å². The molecule has 3 aliphatic rings. The van der Waals surface area contributed by atoms with Crippen molar-refractivity contribution >= 4 is 23.3 Å². The van der Waals surface area contributed by atoms with E-state index in [1.807, 2.05) is 36.2 Å². The fraction of sp³-hybridized carbons (Fsp3) is 0.630. The van der Waals surface area contributed by atoms with Crippen LogP contribution in [0, 0.1) is 11.3 Å². The molecular weight excluding hydrogens is 476 g/mol. The summed E-state index contributed by atoms with van der Waals surface area (Å²) in [6.07, 6.45) is 2.73. The van der Waals surface area contributed by atoms with E-state index in [0.29, 0.717) is 49.4 Å². The molecule has 1 aliphatic carbocycles. The molecule has 9 heteroatoms. The number of hydrogen-bond donors (Lipinski definition) is 3. The Labute approximate surface area is 220 Å². The number of benzene rings is 1. The zero-order valence-corrected chi connectivity index (χ0v) is 22.4. The average molecular weight is 517 g/mol. The standard InChI is InChI=1S/C27H41ClN6O2/c1-20-3-8-23(30-2)25(20)26(29)33-11-13-34(14-12-33)27(35)24(19-21-4-6-22(28)7-5-21)31-9-10-32-15-17-36-18-16-32/h4-7,20,24,29-31H,3,8-19H2,1-2H3/t20-,24-/m1/s1. The van der Waals surface area contributed by atoms with Gasteiger partial charge in [0.1, 0.15) is 5.84 Å². The van der Waals surface area contributed by atoms with Crippen molar-refractivity contribution in [3.63, 3.8) is 0 Å². The first-order chi connectivity index (χ1) is 17.5. The third-order valence-corrected chi connectivity index (χ3v) is 7.94. The maximum atomic E-state index is 13.6. The molecule has 198 valence electrons. The number of amidine groups is 1. The highest BCUT2D eigenvalue weighted by Crippen LogP contribution is 2.31. The van der Waals surface area contributed by atoms with Gasteiger partial charge in [-0.2, -0.15) is 0 Å². The van der Waals surface area contributed by atoms with Gasteiger partial charge in [0.2, 0.25) is 5.91 Å². The number of carbonyl (C=O) groups is 1. The first-order valence-electron chi connectivity index (χ1n) is 13.3. The van der Waals surface area contributed by atoms with E-state index >= 15 is 0 Å². The predicted molar refractivity (Wildman–Crippen MR) is 145 cm³/mol. The highest BCUT2D eigenvalue weighted by Gasteiger charge is 2.32. The topological polar surface area (TPSA) is 83.9 Å². The largest absolute Gasteiger partial charge is 0.391 e. The molecule has 2 fully saturated rings. The van der Waals surface area contributed by atoms with Gasteiger partial charge in [0.15, 0.2) is 0 Å². The van der Waals surface area contributed by atoms with Gasteiger partial charge in [-0.05, 0) is 42.9 Å². The number of allylic oxidation sites excluding steroid dienone is 1. The lowest BCUT2D eigenvalue weighted by atomic mass is 10.0. The lowest BCUT2D eigenvalue weighted by molar-refractivity contribution is -0.134. The van der Waals surface area contributed by atoms with Crippen molar-refractivity contribution in [1.82, 2.24) is 25.3 Å². The first kappa shape index (κ1) is 26.9. The summed E-state index contributed by atoms with van der Waals surface area (Å²) in [5, 5.41) is 16.4. The molecule has 2 aliphatic heterocycles. The number of carbonyl (C=O) groups excluding carboxylic acids is 1. The van der Waals surface area contributed by atoms with Crippen LogP contribution in [0.3, 0.4) is 0 Å². The molecule has 8 nitrogen and oxygen atoms in total. The van der Waals surface area contributed by atoms with Gasteiger partial charge in [-0.15, -0.1) is 0 Å². The number of nitrogens with zero attached hydrogens (tertiary/aromatic N) is 3. The normalized spacial score (nSPS) is 22.1. The Kier molecular flexibility index (Phi) is 9.65. The number of rotatable bonds is 9. The van der Waals surface area contributed by atoms with Gasteiger partial charge in [-0.3, -0.25) is 15.1 Å². The molecule has 0 radical (unpaired) electrons. The summed E-state index contributed by atoms with van der Waals surface area (Å²) in [4.78, 5) is 20.1. The zero-order valence-electron chi connectivity index (χ0n) is 21.7. The number of ether oxygens (including phenoxy) is 1. The number of piperazine rings is 1. The Balaban J connectivity index is 1.35. The lowest BCUT2D eigenvalue weighted by Crippen LogP contribution is -2.56. The van der Waals surface area contributed by atoms with Crippen molar-refractivity contribution < 1.29 is 9.53 Å². The molecule has 1 amide bonds. The minimum Gasteiger partial charge on any atom is -0.391 e. The summed E-state index contributed by atoms with van der Waals surface area (Å²) >= 11 is 6.08. The van der Waals surface area contributed by atoms with Crippen molar-refractivity contribution in [2.75, 3.05) is 72.6 Å². The van der Waals surface area contributed by atoms with Gasteiger partial charge in [-0.25, -0.2) is 0 Å². The maximum Gasteiger partial charge on any atom is 0.240 e. The Morgan fingerprint density at radius 3 is 2.44 bits per heavy atom. The highest BCUT2D eigenvalue weighted by molar-refractivity contribution is 6.30. The zero-order chi connectivity index (χ0) is 25.5. The fourth-order valence-corrected chi connectivity index (χ4v) is 5.57. The van der Waals surface area contributed by atoms with E-state index < -0.39 is 0 Å². The third-order valence-electron chi connectivity index (χ3n) is 7.68. The number of nitrogens with one attached hydrogen (secondary N) is 3. The summed E-state index contributed by atoms with van der Waals surface area (Å²) in [5.74, 6) is 1.17. The second kappa shape index (κ2) is 12.9. The van der Waals surface area contributed by atoms with E-state index in [0.717, 1.165) is 63.4 Å². The Morgan fingerprint density at radius 2 is 1.78 bits per heavy atom. The van der Waals surface area contributed by atoms with E-state index in [-0.39, 0.29) is 11.9 Å². The molecule has 4 rings (SSSR count). The van der Waals surface area contributed by atoms with Crippen LogP contribution in [0.15, 0.2) is 35.5 Å². The van der Waals surface area contributed by atoms with Crippen LogP contribution in [-0.4, -0.2) is 105 Å². The summed E-state index contributed by atoms with van der Waals surface area (Å²) in [6.45, 7) is 9.96. The molecular formula is C27H41ClN6O2. The molecule has 2 atom stereocenters. The SMILES string of the molecule is CNC1=C(C(=N)N2CCN(C(=O)[C@@H](Cc3ccc(Cl)cc3)NCCN3CCOCC3)CC2)[C@H](C)CC1. The summed E-state index contributed by atoms with van der Waals surface area (Å²) in [7, 11) is 1.95. The van der Waals surface area contributed by atoms with Crippen molar-refractivity contribution in [3.05, 3.63) is 46.1 Å². The third kappa shape index (κ3) is 6.79. The summed E-state index contributed by atoms with van der Waals surface area (Å²) in [5.41, 5.74) is 3.43. The number of amides is 1. The van der Waals surface area contributed by atoms with Crippen molar-refractivity contribution in [1.29, 1.82) is 5.41 Å². The highest BCUT2D eigenvalue weighted by atomic mass is 35.5. The van der Waals surface area contributed by atoms with E-state index in [9.17, 15) is 4.79 Å². The van der Waals surface area contributed by atoms with Gasteiger partial charge < -0.3 is 25.2 Å². The average Bonchev–Trinajstić information content (AvgIpc) is 3.29. The Morgan fingerprint density at radius 1 is 1.11 bits per heavy atom. The molecule has 0 unspecified atom stereocenters. The Hall–Kier alpha value is -2.13. The molecule has 0 saturated carbocycles. The predicted octanol–water partition coefficient (Wildman–Crippen LogP) is 2.20.